The lowest BCUT2D eigenvalue weighted by Gasteiger charge is -2.22. The minimum atomic E-state index is -1.17. The van der Waals surface area contributed by atoms with Crippen LogP contribution in [0.25, 0.3) is 10.9 Å². The fourth-order valence-electron chi connectivity index (χ4n) is 3.46. The van der Waals surface area contributed by atoms with Crippen LogP contribution in [0.4, 0.5) is 0 Å². The molecule has 3 amide bonds. The number of Topliss-reactive ketones (excluding diaryl/α,β-unsaturated/α-hetero) is 1. The van der Waals surface area contributed by atoms with Crippen LogP contribution in [0.3, 0.4) is 0 Å². The lowest BCUT2D eigenvalue weighted by molar-refractivity contribution is -0.147. The van der Waals surface area contributed by atoms with Gasteiger partial charge in [0.2, 0.25) is 17.7 Å². The molecule has 0 saturated carbocycles. The zero-order valence-corrected chi connectivity index (χ0v) is 20.0. The Morgan fingerprint density at radius 2 is 1.77 bits per heavy atom. The predicted molar refractivity (Wildman–Crippen MR) is 129 cm³/mol. The highest BCUT2D eigenvalue weighted by Gasteiger charge is 2.28. The molecule has 0 saturated heterocycles. The van der Waals surface area contributed by atoms with Gasteiger partial charge in [0.05, 0.1) is 12.3 Å². The fraction of sp³-hybridized carbons (Fsp3) is 0.417. The summed E-state index contributed by atoms with van der Waals surface area (Å²) in [5.74, 6) is -2.91. The molecule has 35 heavy (non-hydrogen) atoms. The number of benzene rings is 1. The summed E-state index contributed by atoms with van der Waals surface area (Å²) in [6.45, 7) is 4.21. The van der Waals surface area contributed by atoms with E-state index in [0.29, 0.717) is 6.21 Å². The van der Waals surface area contributed by atoms with E-state index >= 15 is 0 Å². The van der Waals surface area contributed by atoms with E-state index in [1.165, 1.54) is 6.92 Å². The first-order chi connectivity index (χ1) is 16.6. The maximum atomic E-state index is 13.1. The van der Waals surface area contributed by atoms with Gasteiger partial charge in [-0.05, 0) is 31.9 Å². The van der Waals surface area contributed by atoms with Gasteiger partial charge in [-0.15, -0.1) is 0 Å². The normalized spacial score (nSPS) is 12.5. The Balaban J connectivity index is 2.16. The largest absolute Gasteiger partial charge is 0.462 e. The maximum absolute atomic E-state index is 13.1. The minimum absolute atomic E-state index is 0.0924. The number of aromatic amines is 1. The van der Waals surface area contributed by atoms with Gasteiger partial charge in [0.1, 0.15) is 18.6 Å². The molecule has 0 fully saturated rings. The molecule has 2 atom stereocenters. The summed E-state index contributed by atoms with van der Waals surface area (Å²) >= 11 is 0. The summed E-state index contributed by atoms with van der Waals surface area (Å²) in [7, 11) is 0. The van der Waals surface area contributed by atoms with Crippen molar-refractivity contribution in [2.24, 2.45) is 0 Å². The molecule has 0 aliphatic carbocycles. The van der Waals surface area contributed by atoms with Crippen molar-refractivity contribution in [3.05, 3.63) is 36.0 Å². The summed E-state index contributed by atoms with van der Waals surface area (Å²) in [5, 5.41) is 15.5. The number of esters is 1. The summed E-state index contributed by atoms with van der Waals surface area (Å²) in [4.78, 5) is 64.1. The number of carbonyl (C=O) groups excluding carboxylic acids is 5. The average molecular weight is 486 g/mol. The molecule has 11 heteroatoms. The van der Waals surface area contributed by atoms with Crippen molar-refractivity contribution in [3.63, 3.8) is 0 Å². The molecule has 2 aromatic rings. The van der Waals surface area contributed by atoms with Crippen molar-refractivity contribution in [2.75, 3.05) is 6.54 Å². The van der Waals surface area contributed by atoms with Crippen molar-refractivity contribution in [1.29, 1.82) is 5.41 Å². The van der Waals surface area contributed by atoms with E-state index in [0.717, 1.165) is 16.5 Å². The van der Waals surface area contributed by atoms with E-state index in [9.17, 15) is 24.0 Å². The minimum Gasteiger partial charge on any atom is -0.462 e. The number of rotatable bonds is 13. The monoisotopic (exact) mass is 485 g/mol. The molecular formula is C24H31N5O6. The summed E-state index contributed by atoms with van der Waals surface area (Å²) in [5.41, 5.74) is 1.67. The summed E-state index contributed by atoms with van der Waals surface area (Å²) < 4.78 is 4.98. The molecule has 0 aliphatic heterocycles. The number of amides is 3. The van der Waals surface area contributed by atoms with Crippen LogP contribution in [0, 0.1) is 5.41 Å². The highest BCUT2D eigenvalue weighted by Crippen LogP contribution is 2.19. The molecule has 1 aromatic carbocycles. The number of aromatic nitrogens is 1. The van der Waals surface area contributed by atoms with Crippen molar-refractivity contribution in [1.82, 2.24) is 20.9 Å². The number of carbonyl (C=O) groups is 5. The third-order valence-electron chi connectivity index (χ3n) is 5.04. The van der Waals surface area contributed by atoms with Crippen LogP contribution < -0.4 is 16.0 Å². The Labute approximate surface area is 202 Å². The molecule has 11 nitrogen and oxygen atoms in total. The van der Waals surface area contributed by atoms with Crippen LogP contribution in [0.1, 0.15) is 39.2 Å². The lowest BCUT2D eigenvalue weighted by atomic mass is 10.0. The number of hydrogen-bond acceptors (Lipinski definition) is 7. The van der Waals surface area contributed by atoms with Gasteiger partial charge in [0.15, 0.2) is 5.78 Å². The number of nitrogens with one attached hydrogen (secondary N) is 5. The highest BCUT2D eigenvalue weighted by atomic mass is 16.5. The van der Waals surface area contributed by atoms with E-state index in [4.69, 9.17) is 10.1 Å². The fourth-order valence-corrected chi connectivity index (χ4v) is 3.46. The van der Waals surface area contributed by atoms with Crippen molar-refractivity contribution in [2.45, 2.75) is 58.2 Å². The Kier molecular flexibility index (Phi) is 10.1. The van der Waals surface area contributed by atoms with E-state index in [1.54, 1.807) is 20.0 Å². The third-order valence-corrected chi connectivity index (χ3v) is 5.04. The molecule has 0 unspecified atom stereocenters. The Morgan fingerprint density at radius 1 is 1.06 bits per heavy atom. The molecular weight excluding hydrogens is 454 g/mol. The number of H-pyrrole nitrogens is 1. The van der Waals surface area contributed by atoms with Crippen molar-refractivity contribution < 1.29 is 28.7 Å². The summed E-state index contributed by atoms with van der Waals surface area (Å²) in [6.07, 6.45) is 1.93. The first kappa shape index (κ1) is 27.2. The van der Waals surface area contributed by atoms with E-state index in [1.807, 2.05) is 24.3 Å². The van der Waals surface area contributed by atoms with Crippen LogP contribution in [0.2, 0.25) is 0 Å². The maximum Gasteiger partial charge on any atom is 0.325 e. The Bertz CT molecular complexity index is 1090. The third kappa shape index (κ3) is 8.69. The number of para-hydroxylation sites is 1. The molecule has 1 aromatic heterocycles. The molecule has 0 radical (unpaired) electrons. The van der Waals surface area contributed by atoms with Gasteiger partial charge in [-0.3, -0.25) is 24.0 Å². The molecule has 1 heterocycles. The SMILES string of the molecule is CC(=O)N[C@@H](Cc1c[nH]c2ccccc12)C(=O)N[C@@H](CCC(=O)C=N)C(=O)NCC(=O)OC(C)C. The Morgan fingerprint density at radius 3 is 2.43 bits per heavy atom. The number of ether oxygens (including phenoxy) is 1. The highest BCUT2D eigenvalue weighted by molar-refractivity contribution is 6.26. The van der Waals surface area contributed by atoms with Crippen LogP contribution in [0.5, 0.6) is 0 Å². The van der Waals surface area contributed by atoms with Crippen molar-refractivity contribution >= 4 is 46.6 Å². The second-order valence-electron chi connectivity index (χ2n) is 8.28. The second-order valence-corrected chi connectivity index (χ2v) is 8.28. The lowest BCUT2D eigenvalue weighted by Crippen LogP contribution is -2.54. The smallest absolute Gasteiger partial charge is 0.325 e. The van der Waals surface area contributed by atoms with Crippen LogP contribution in [-0.2, 0) is 35.1 Å². The number of hydrogen-bond donors (Lipinski definition) is 5. The molecule has 5 N–H and O–H groups in total. The van der Waals surface area contributed by atoms with Gasteiger partial charge in [-0.1, -0.05) is 18.2 Å². The molecule has 188 valence electrons. The molecule has 0 aliphatic rings. The van der Waals surface area contributed by atoms with Crippen molar-refractivity contribution in [3.8, 4) is 0 Å². The molecule has 0 bridgehead atoms. The van der Waals surface area contributed by atoms with Crippen LogP contribution >= 0.6 is 0 Å². The zero-order chi connectivity index (χ0) is 26.0. The van der Waals surface area contributed by atoms with Gasteiger partial charge in [0, 0.05) is 36.9 Å². The number of ketones is 1. The number of fused-ring (bicyclic) bond motifs is 1. The van der Waals surface area contributed by atoms with Crippen LogP contribution in [-0.4, -0.2) is 65.4 Å². The second kappa shape index (κ2) is 13.0. The topological polar surface area (TPSA) is 170 Å². The Hall–Kier alpha value is -4.02. The van der Waals surface area contributed by atoms with Gasteiger partial charge >= 0.3 is 5.97 Å². The molecule has 2 rings (SSSR count). The van der Waals surface area contributed by atoms with Crippen LogP contribution in [0.15, 0.2) is 30.5 Å². The summed E-state index contributed by atoms with van der Waals surface area (Å²) in [6, 6.07) is 5.34. The standard InChI is InChI=1S/C24H31N5O6/c1-14(2)35-22(32)13-27-23(33)20(9-8-17(31)11-25)29-24(34)21(28-15(3)30)10-16-12-26-19-7-5-4-6-18(16)19/h4-7,11-12,14,20-21,25-26H,8-10,13H2,1-3H3,(H,27,33)(H,28,30)(H,29,34)/t20-,21-/m0/s1. The quantitative estimate of drug-likeness (QED) is 0.207. The van der Waals surface area contributed by atoms with Gasteiger partial charge in [-0.2, -0.15) is 0 Å². The first-order valence-corrected chi connectivity index (χ1v) is 11.2. The van der Waals surface area contributed by atoms with E-state index in [-0.39, 0.29) is 25.4 Å². The van der Waals surface area contributed by atoms with Gasteiger partial charge < -0.3 is 31.1 Å². The zero-order valence-electron chi connectivity index (χ0n) is 20.0. The van der Waals surface area contributed by atoms with Gasteiger partial charge in [-0.25, -0.2) is 0 Å². The first-order valence-electron chi connectivity index (χ1n) is 11.2. The van der Waals surface area contributed by atoms with Gasteiger partial charge in [0.25, 0.3) is 0 Å². The predicted octanol–water partition coefficient (Wildman–Crippen LogP) is 0.767. The van der Waals surface area contributed by atoms with E-state index in [2.05, 4.69) is 20.9 Å². The average Bonchev–Trinajstić information content (AvgIpc) is 3.21. The van der Waals surface area contributed by atoms with E-state index < -0.39 is 48.1 Å². The molecule has 0 spiro atoms.